The minimum Gasteiger partial charge on any atom is -0.309 e. The summed E-state index contributed by atoms with van der Waals surface area (Å²) in [5, 5.41) is 12.0. The molecule has 0 bridgehead atoms. The summed E-state index contributed by atoms with van der Waals surface area (Å²) in [7, 11) is 0. The molecule has 0 saturated carbocycles. The maximum Gasteiger partial charge on any atom is 0.164 e. The molecule has 5 nitrogen and oxygen atoms in total. The van der Waals surface area contributed by atoms with Crippen molar-refractivity contribution in [2.24, 2.45) is 0 Å². The third kappa shape index (κ3) is 5.93. The Bertz CT molecular complexity index is 4310. The van der Waals surface area contributed by atoms with E-state index in [1.807, 2.05) is 6.07 Å². The number of aromatic nitrogens is 5. The van der Waals surface area contributed by atoms with Gasteiger partial charge in [-0.3, -0.25) is 0 Å². The largest absolute Gasteiger partial charge is 0.309 e. The minimum atomic E-state index is 0.613. The van der Waals surface area contributed by atoms with Crippen molar-refractivity contribution in [2.45, 2.75) is 0 Å². The number of para-hydroxylation sites is 2. The van der Waals surface area contributed by atoms with Crippen LogP contribution in [-0.2, 0) is 0 Å². The Kier molecular flexibility index (Phi) is 8.52. The molecule has 0 N–H and O–H groups in total. The minimum absolute atomic E-state index is 0.613. The Morgan fingerprint density at radius 1 is 0.265 bits per heavy atom. The molecule has 3 heterocycles. The molecular formula is C63H39N5. The van der Waals surface area contributed by atoms with E-state index in [1.54, 1.807) is 0 Å². The third-order valence-corrected chi connectivity index (χ3v) is 13.7. The summed E-state index contributed by atoms with van der Waals surface area (Å²) in [6, 6.07) is 84.6. The lowest BCUT2D eigenvalue weighted by atomic mass is 9.99. The highest BCUT2D eigenvalue weighted by molar-refractivity contribution is 6.23. The van der Waals surface area contributed by atoms with E-state index >= 15 is 0 Å². The van der Waals surface area contributed by atoms with Gasteiger partial charge >= 0.3 is 0 Å². The predicted octanol–water partition coefficient (Wildman–Crippen LogP) is 16.2. The van der Waals surface area contributed by atoms with Crippen LogP contribution in [0.5, 0.6) is 0 Å². The average Bonchev–Trinajstić information content (AvgIpc) is 3.91. The normalized spacial score (nSPS) is 11.8. The summed E-state index contributed by atoms with van der Waals surface area (Å²) in [6.45, 7) is 0. The summed E-state index contributed by atoms with van der Waals surface area (Å²) in [6.07, 6.45) is 0. The lowest BCUT2D eigenvalue weighted by Gasteiger charge is -2.16. The molecule has 68 heavy (non-hydrogen) atoms. The van der Waals surface area contributed by atoms with Gasteiger partial charge < -0.3 is 9.13 Å². The van der Waals surface area contributed by atoms with Gasteiger partial charge in [0.15, 0.2) is 17.5 Å². The number of hydrogen-bond donors (Lipinski definition) is 0. The summed E-state index contributed by atoms with van der Waals surface area (Å²) < 4.78 is 4.94. The Balaban J connectivity index is 0.989. The van der Waals surface area contributed by atoms with Crippen LogP contribution in [-0.4, -0.2) is 24.1 Å². The molecule has 0 amide bonds. The zero-order valence-electron chi connectivity index (χ0n) is 36.8. The first-order valence-corrected chi connectivity index (χ1v) is 23.1. The third-order valence-electron chi connectivity index (χ3n) is 13.7. The molecule has 316 valence electrons. The van der Waals surface area contributed by atoms with Crippen LogP contribution in [0.2, 0.25) is 0 Å². The van der Waals surface area contributed by atoms with Crippen molar-refractivity contribution in [3.63, 3.8) is 0 Å². The molecule has 0 unspecified atom stereocenters. The highest BCUT2D eigenvalue weighted by Gasteiger charge is 2.23. The van der Waals surface area contributed by atoms with Crippen molar-refractivity contribution < 1.29 is 0 Å². The van der Waals surface area contributed by atoms with Crippen LogP contribution in [0.4, 0.5) is 0 Å². The van der Waals surface area contributed by atoms with E-state index in [0.29, 0.717) is 17.5 Å². The van der Waals surface area contributed by atoms with Crippen LogP contribution < -0.4 is 0 Å². The van der Waals surface area contributed by atoms with Crippen LogP contribution in [0.1, 0.15) is 0 Å². The fourth-order valence-corrected chi connectivity index (χ4v) is 10.6. The number of nitrogens with zero attached hydrogens (tertiary/aromatic N) is 5. The van der Waals surface area contributed by atoms with Gasteiger partial charge in [0, 0.05) is 49.3 Å². The van der Waals surface area contributed by atoms with Gasteiger partial charge in [-0.2, -0.15) is 0 Å². The fraction of sp³-hybridized carbons (Fsp3) is 0. The van der Waals surface area contributed by atoms with E-state index in [4.69, 9.17) is 15.0 Å². The van der Waals surface area contributed by atoms with Crippen molar-refractivity contribution in [2.75, 3.05) is 0 Å². The van der Waals surface area contributed by atoms with E-state index in [2.05, 4.69) is 240 Å². The van der Waals surface area contributed by atoms with E-state index in [1.165, 1.54) is 59.8 Å². The maximum absolute atomic E-state index is 5.27. The fourth-order valence-electron chi connectivity index (χ4n) is 10.6. The van der Waals surface area contributed by atoms with Crippen LogP contribution in [0, 0.1) is 0 Å². The predicted molar refractivity (Wildman–Crippen MR) is 283 cm³/mol. The molecule has 5 heteroatoms. The highest BCUT2D eigenvalue weighted by Crippen LogP contribution is 2.44. The van der Waals surface area contributed by atoms with E-state index < -0.39 is 0 Å². The van der Waals surface area contributed by atoms with Gasteiger partial charge in [-0.15, -0.1) is 0 Å². The van der Waals surface area contributed by atoms with E-state index in [-0.39, 0.29) is 0 Å². The molecule has 0 atom stereocenters. The summed E-state index contributed by atoms with van der Waals surface area (Å²) in [5.41, 5.74) is 11.9. The van der Waals surface area contributed by atoms with E-state index in [9.17, 15) is 0 Å². The summed E-state index contributed by atoms with van der Waals surface area (Å²) in [4.78, 5) is 15.8. The first-order chi connectivity index (χ1) is 33.7. The Morgan fingerprint density at radius 2 is 0.794 bits per heavy atom. The molecule has 0 aliphatic heterocycles. The molecule has 0 spiro atoms. The number of fused-ring (bicyclic) bond motifs is 9. The van der Waals surface area contributed by atoms with Crippen molar-refractivity contribution in [3.05, 3.63) is 237 Å². The van der Waals surface area contributed by atoms with Gasteiger partial charge in [0.1, 0.15) is 0 Å². The van der Waals surface area contributed by atoms with Crippen LogP contribution >= 0.6 is 0 Å². The Hall–Kier alpha value is -9.19. The monoisotopic (exact) mass is 865 g/mol. The first-order valence-electron chi connectivity index (χ1n) is 23.1. The molecule has 11 aromatic carbocycles. The molecule has 0 aliphatic carbocycles. The summed E-state index contributed by atoms with van der Waals surface area (Å²) in [5.74, 6) is 1.87. The SMILES string of the molecule is c1ccc(-c2ccccc2-c2nc(-c3ccc(-n4c5ccccc5c5c(-n6c7ccccc7c7cc8ccccc8cc76)c6ccccc6cc54)cc3)nc(-c3cccc4ccccc34)n2)cc1. The second kappa shape index (κ2) is 15.2. The highest BCUT2D eigenvalue weighted by atomic mass is 15.0. The quantitative estimate of drug-likeness (QED) is 0.167. The average molecular weight is 866 g/mol. The lowest BCUT2D eigenvalue weighted by molar-refractivity contribution is 1.08. The number of benzene rings is 11. The Labute approximate surface area is 391 Å². The lowest BCUT2D eigenvalue weighted by Crippen LogP contribution is -2.02. The van der Waals surface area contributed by atoms with Crippen molar-refractivity contribution >= 4 is 75.9 Å². The van der Waals surface area contributed by atoms with Crippen LogP contribution in [0.15, 0.2) is 237 Å². The van der Waals surface area contributed by atoms with Gasteiger partial charge in [0.2, 0.25) is 0 Å². The van der Waals surface area contributed by atoms with Crippen molar-refractivity contribution in [3.8, 4) is 56.7 Å². The van der Waals surface area contributed by atoms with E-state index in [0.717, 1.165) is 55.3 Å². The molecule has 14 aromatic rings. The molecule has 3 aromatic heterocycles. The topological polar surface area (TPSA) is 48.5 Å². The van der Waals surface area contributed by atoms with Gasteiger partial charge in [-0.05, 0) is 92.7 Å². The standard InChI is InChI=1S/C63H39N5/c1-2-17-40(18-3-1)47-25-10-11-28-51(47)62-64-61(65-63(66-62)52-30-16-23-41-19-6-8-24-48(41)52)42-33-35-46(36-34-42)67-56-32-15-13-29-53(56)59-58(67)39-45-22-7-9-26-49(45)60(59)68-55-31-14-12-27-50(55)54-37-43-20-4-5-21-44(43)38-57(54)68/h1-39H. The molecule has 0 saturated heterocycles. The smallest absolute Gasteiger partial charge is 0.164 e. The van der Waals surface area contributed by atoms with Gasteiger partial charge in [-0.1, -0.05) is 182 Å². The van der Waals surface area contributed by atoms with Gasteiger partial charge in [-0.25, -0.2) is 15.0 Å². The molecular weight excluding hydrogens is 827 g/mol. The van der Waals surface area contributed by atoms with Crippen molar-refractivity contribution in [1.29, 1.82) is 0 Å². The van der Waals surface area contributed by atoms with Gasteiger partial charge in [0.25, 0.3) is 0 Å². The number of rotatable bonds is 6. The molecule has 0 radical (unpaired) electrons. The second-order valence-electron chi connectivity index (χ2n) is 17.6. The Morgan fingerprint density at radius 3 is 1.57 bits per heavy atom. The zero-order chi connectivity index (χ0) is 44.7. The van der Waals surface area contributed by atoms with Crippen LogP contribution in [0.25, 0.3) is 133 Å². The maximum atomic E-state index is 5.27. The zero-order valence-corrected chi connectivity index (χ0v) is 36.8. The molecule has 14 rings (SSSR count). The molecule has 0 aliphatic rings. The van der Waals surface area contributed by atoms with Gasteiger partial charge in [0.05, 0.1) is 27.8 Å². The summed E-state index contributed by atoms with van der Waals surface area (Å²) >= 11 is 0. The van der Waals surface area contributed by atoms with Crippen molar-refractivity contribution in [1.82, 2.24) is 24.1 Å². The van der Waals surface area contributed by atoms with Crippen LogP contribution in [0.3, 0.4) is 0 Å². The molecule has 0 fully saturated rings. The number of hydrogen-bond acceptors (Lipinski definition) is 3. The first kappa shape index (κ1) is 38.1. The second-order valence-corrected chi connectivity index (χ2v) is 17.6.